The summed E-state index contributed by atoms with van der Waals surface area (Å²) < 4.78 is 36.4. The molecular weight excluding hydrogens is 287 g/mol. The minimum atomic E-state index is -4.65. The minimum absolute atomic E-state index is 0.157. The van der Waals surface area contributed by atoms with Gasteiger partial charge >= 0.3 is 12.1 Å². The highest BCUT2D eigenvalue weighted by Crippen LogP contribution is 2.26. The van der Waals surface area contributed by atoms with Crippen LogP contribution in [0.2, 0.25) is 0 Å². The first kappa shape index (κ1) is 14.8. The van der Waals surface area contributed by atoms with E-state index in [1.54, 1.807) is 24.3 Å². The summed E-state index contributed by atoms with van der Waals surface area (Å²) in [4.78, 5) is 22.5. The Balaban J connectivity index is 2.39. The van der Waals surface area contributed by atoms with Gasteiger partial charge in [-0.05, 0) is 22.9 Å². The third-order valence-electron chi connectivity index (χ3n) is 2.75. The number of aromatic carboxylic acids is 1. The van der Waals surface area contributed by atoms with Gasteiger partial charge in [0.05, 0.1) is 11.3 Å². The normalized spacial score (nSPS) is 11.4. The van der Waals surface area contributed by atoms with Gasteiger partial charge in [-0.3, -0.25) is 4.79 Å². The minimum Gasteiger partial charge on any atom is -0.478 e. The molecule has 1 amide bonds. The van der Waals surface area contributed by atoms with Gasteiger partial charge in [0.1, 0.15) is 6.42 Å². The largest absolute Gasteiger partial charge is 0.478 e. The number of fused-ring (bicyclic) bond motifs is 1. The molecule has 0 fully saturated rings. The van der Waals surface area contributed by atoms with Gasteiger partial charge in [0.2, 0.25) is 5.91 Å². The summed E-state index contributed by atoms with van der Waals surface area (Å²) >= 11 is 0. The van der Waals surface area contributed by atoms with Gasteiger partial charge in [0.25, 0.3) is 0 Å². The molecule has 21 heavy (non-hydrogen) atoms. The van der Waals surface area contributed by atoms with E-state index in [9.17, 15) is 22.8 Å². The molecule has 2 N–H and O–H groups in total. The summed E-state index contributed by atoms with van der Waals surface area (Å²) in [6.07, 6.45) is -6.32. The van der Waals surface area contributed by atoms with Crippen molar-refractivity contribution >= 4 is 28.3 Å². The molecule has 110 valence electrons. The van der Waals surface area contributed by atoms with Crippen molar-refractivity contribution in [3.63, 3.8) is 0 Å². The Labute approximate surface area is 117 Å². The summed E-state index contributed by atoms with van der Waals surface area (Å²) in [5.41, 5.74) is -0.417. The topological polar surface area (TPSA) is 66.4 Å². The molecule has 0 saturated carbocycles. The van der Waals surface area contributed by atoms with Crippen LogP contribution in [-0.4, -0.2) is 23.2 Å². The lowest BCUT2D eigenvalue weighted by Gasteiger charge is -2.11. The molecule has 0 heterocycles. The number of alkyl halides is 3. The average Bonchev–Trinajstić information content (AvgIpc) is 2.35. The number of carboxylic acid groups (broad SMARTS) is 1. The van der Waals surface area contributed by atoms with E-state index in [1.807, 2.05) is 5.32 Å². The van der Waals surface area contributed by atoms with Gasteiger partial charge in [0.15, 0.2) is 0 Å². The fraction of sp³-hybridized carbons (Fsp3) is 0.143. The summed E-state index contributed by atoms with van der Waals surface area (Å²) in [6.45, 7) is 0. The predicted octanol–water partition coefficient (Wildman–Crippen LogP) is 3.43. The van der Waals surface area contributed by atoms with E-state index in [0.717, 1.165) is 0 Å². The van der Waals surface area contributed by atoms with Gasteiger partial charge in [-0.15, -0.1) is 0 Å². The number of halogens is 3. The number of carboxylic acids is 1. The molecule has 0 unspecified atom stereocenters. The van der Waals surface area contributed by atoms with Gasteiger partial charge in [-0.25, -0.2) is 4.79 Å². The lowest BCUT2D eigenvalue weighted by molar-refractivity contribution is -0.150. The van der Waals surface area contributed by atoms with Gasteiger partial charge in [-0.1, -0.05) is 24.3 Å². The monoisotopic (exact) mass is 297 g/mol. The molecule has 0 aliphatic carbocycles. The van der Waals surface area contributed by atoms with E-state index < -0.39 is 24.5 Å². The fourth-order valence-corrected chi connectivity index (χ4v) is 1.90. The SMILES string of the molecule is O=C(CC(F)(F)F)Nc1cc2ccccc2cc1C(=O)O. The standard InChI is InChI=1S/C14H10F3NO3/c15-14(16,17)7-12(19)18-11-6-9-4-2-1-3-8(9)5-10(11)13(20)21/h1-6H,7H2,(H,18,19)(H,20,21). The van der Waals surface area contributed by atoms with Gasteiger partial charge < -0.3 is 10.4 Å². The van der Waals surface area contributed by atoms with Crippen LogP contribution in [0.15, 0.2) is 36.4 Å². The summed E-state index contributed by atoms with van der Waals surface area (Å²) in [6, 6.07) is 9.39. The van der Waals surface area contributed by atoms with E-state index in [-0.39, 0.29) is 11.3 Å². The maximum atomic E-state index is 12.1. The first-order valence-electron chi connectivity index (χ1n) is 5.89. The molecule has 0 aliphatic rings. The number of carbonyl (C=O) groups is 2. The first-order valence-corrected chi connectivity index (χ1v) is 5.89. The molecule has 2 rings (SSSR count). The molecule has 2 aromatic carbocycles. The second kappa shape index (κ2) is 5.43. The first-order chi connectivity index (χ1) is 9.76. The second-order valence-corrected chi connectivity index (χ2v) is 4.39. The van der Waals surface area contributed by atoms with Crippen LogP contribution in [0.1, 0.15) is 16.8 Å². The van der Waals surface area contributed by atoms with Gasteiger partial charge in [0, 0.05) is 0 Å². The predicted molar refractivity (Wildman–Crippen MR) is 70.2 cm³/mol. The Morgan fingerprint density at radius 1 is 1.10 bits per heavy atom. The number of hydrogen-bond donors (Lipinski definition) is 2. The number of nitrogens with one attached hydrogen (secondary N) is 1. The van der Waals surface area contributed by atoms with Crippen molar-refractivity contribution in [2.45, 2.75) is 12.6 Å². The van der Waals surface area contributed by atoms with E-state index in [4.69, 9.17) is 5.11 Å². The van der Waals surface area contributed by atoms with E-state index in [1.165, 1.54) is 12.1 Å². The Kier molecular flexibility index (Phi) is 3.84. The van der Waals surface area contributed by atoms with Crippen LogP contribution >= 0.6 is 0 Å². The van der Waals surface area contributed by atoms with E-state index >= 15 is 0 Å². The molecule has 0 bridgehead atoms. The molecular formula is C14H10F3NO3. The molecule has 2 aromatic rings. The van der Waals surface area contributed by atoms with Crippen LogP contribution in [0.25, 0.3) is 10.8 Å². The van der Waals surface area contributed by atoms with E-state index in [0.29, 0.717) is 10.8 Å². The molecule has 0 atom stereocenters. The number of rotatable bonds is 3. The third-order valence-corrected chi connectivity index (χ3v) is 2.75. The quantitative estimate of drug-likeness (QED) is 0.912. The molecule has 0 spiro atoms. The number of anilines is 1. The van der Waals surface area contributed by atoms with Crippen molar-refractivity contribution in [2.24, 2.45) is 0 Å². The van der Waals surface area contributed by atoms with Crippen molar-refractivity contribution in [3.8, 4) is 0 Å². The molecule has 7 heteroatoms. The lowest BCUT2D eigenvalue weighted by atomic mass is 10.0. The Morgan fingerprint density at radius 3 is 2.19 bits per heavy atom. The Bertz CT molecular complexity index is 710. The van der Waals surface area contributed by atoms with Crippen LogP contribution in [0, 0.1) is 0 Å². The van der Waals surface area contributed by atoms with Crippen LogP contribution in [0.4, 0.5) is 18.9 Å². The fourth-order valence-electron chi connectivity index (χ4n) is 1.90. The van der Waals surface area contributed by atoms with E-state index in [2.05, 4.69) is 0 Å². The highest BCUT2D eigenvalue weighted by Gasteiger charge is 2.31. The molecule has 0 aliphatic heterocycles. The smallest absolute Gasteiger partial charge is 0.397 e. The lowest BCUT2D eigenvalue weighted by Crippen LogP contribution is -2.22. The summed E-state index contributed by atoms with van der Waals surface area (Å²) in [5, 5.41) is 12.3. The van der Waals surface area contributed by atoms with Gasteiger partial charge in [-0.2, -0.15) is 13.2 Å². The van der Waals surface area contributed by atoms with Crippen molar-refractivity contribution in [1.29, 1.82) is 0 Å². The van der Waals surface area contributed by atoms with Crippen molar-refractivity contribution < 1.29 is 27.9 Å². The Morgan fingerprint density at radius 2 is 1.67 bits per heavy atom. The zero-order chi connectivity index (χ0) is 15.6. The van der Waals surface area contributed by atoms with Crippen molar-refractivity contribution in [1.82, 2.24) is 0 Å². The number of carbonyl (C=O) groups excluding carboxylic acids is 1. The molecule has 0 radical (unpaired) electrons. The zero-order valence-electron chi connectivity index (χ0n) is 10.6. The second-order valence-electron chi connectivity index (χ2n) is 4.39. The number of amides is 1. The maximum Gasteiger partial charge on any atom is 0.397 e. The van der Waals surface area contributed by atoms with Crippen molar-refractivity contribution in [2.75, 3.05) is 5.32 Å². The maximum absolute atomic E-state index is 12.1. The van der Waals surface area contributed by atoms with Crippen LogP contribution in [-0.2, 0) is 4.79 Å². The summed E-state index contributed by atoms with van der Waals surface area (Å²) in [5.74, 6) is -2.64. The number of hydrogen-bond acceptors (Lipinski definition) is 2. The zero-order valence-corrected chi connectivity index (χ0v) is 10.6. The number of benzene rings is 2. The van der Waals surface area contributed by atoms with Crippen LogP contribution in [0.5, 0.6) is 0 Å². The third kappa shape index (κ3) is 3.71. The highest BCUT2D eigenvalue weighted by molar-refractivity contribution is 6.05. The Hall–Kier alpha value is -2.57. The molecule has 4 nitrogen and oxygen atoms in total. The van der Waals surface area contributed by atoms with Crippen LogP contribution in [0.3, 0.4) is 0 Å². The summed E-state index contributed by atoms with van der Waals surface area (Å²) in [7, 11) is 0. The average molecular weight is 297 g/mol. The molecule has 0 aromatic heterocycles. The highest BCUT2D eigenvalue weighted by atomic mass is 19.4. The van der Waals surface area contributed by atoms with Crippen molar-refractivity contribution in [3.05, 3.63) is 42.0 Å². The molecule has 0 saturated heterocycles. The van der Waals surface area contributed by atoms with Crippen LogP contribution < -0.4 is 5.32 Å².